The lowest BCUT2D eigenvalue weighted by Gasteiger charge is -2.31. The Morgan fingerprint density at radius 3 is 2.47 bits per heavy atom. The molecule has 0 aromatic carbocycles. The van der Waals surface area contributed by atoms with Crippen LogP contribution in [0.2, 0.25) is 0 Å². The number of carboxylic acid groups (broad SMARTS) is 1. The number of ether oxygens (including phenoxy) is 1. The number of amides is 1. The van der Waals surface area contributed by atoms with Crippen molar-refractivity contribution in [1.82, 2.24) is 10.2 Å². The highest BCUT2D eigenvalue weighted by Crippen LogP contribution is 2.09. The molecular weight excluding hydrogens is 248 g/mol. The normalized spacial score (nSPS) is 14.2. The number of hydrogen-bond donors (Lipinski definition) is 2. The molecule has 0 radical (unpaired) electrons. The Labute approximate surface area is 115 Å². The molecule has 0 aliphatic rings. The van der Waals surface area contributed by atoms with E-state index in [4.69, 9.17) is 9.84 Å². The summed E-state index contributed by atoms with van der Waals surface area (Å²) in [7, 11) is 1.61. The Balaban J connectivity index is 4.39. The van der Waals surface area contributed by atoms with Crippen molar-refractivity contribution in [3.8, 4) is 0 Å². The summed E-state index contributed by atoms with van der Waals surface area (Å²) in [6.45, 7) is 6.65. The Kier molecular flexibility index (Phi) is 9.16. The summed E-state index contributed by atoms with van der Waals surface area (Å²) in [4.78, 5) is 24.5. The van der Waals surface area contributed by atoms with Crippen molar-refractivity contribution in [1.29, 1.82) is 0 Å². The molecule has 112 valence electrons. The predicted molar refractivity (Wildman–Crippen MR) is 73.1 cm³/mol. The molecule has 19 heavy (non-hydrogen) atoms. The number of hydrogen-bond acceptors (Lipinski definition) is 4. The molecule has 0 rings (SSSR count). The van der Waals surface area contributed by atoms with Crippen LogP contribution in [0.3, 0.4) is 0 Å². The number of carboxylic acids is 1. The molecule has 0 fully saturated rings. The maximum Gasteiger partial charge on any atom is 0.317 e. The van der Waals surface area contributed by atoms with E-state index in [0.717, 1.165) is 12.8 Å². The first kappa shape index (κ1) is 17.9. The molecule has 2 atom stereocenters. The molecule has 0 heterocycles. The fraction of sp³-hybridized carbons (Fsp3) is 0.846. The summed E-state index contributed by atoms with van der Waals surface area (Å²) >= 11 is 0. The van der Waals surface area contributed by atoms with Gasteiger partial charge in [0.1, 0.15) is 0 Å². The van der Waals surface area contributed by atoms with Crippen molar-refractivity contribution in [3.05, 3.63) is 0 Å². The third-order valence-corrected chi connectivity index (χ3v) is 3.18. The Bertz CT molecular complexity index is 284. The van der Waals surface area contributed by atoms with Gasteiger partial charge in [0, 0.05) is 26.3 Å². The second kappa shape index (κ2) is 9.75. The van der Waals surface area contributed by atoms with Crippen LogP contribution in [0.5, 0.6) is 0 Å². The highest BCUT2D eigenvalue weighted by atomic mass is 16.5. The van der Waals surface area contributed by atoms with Crippen molar-refractivity contribution in [2.24, 2.45) is 0 Å². The summed E-state index contributed by atoms with van der Waals surface area (Å²) < 4.78 is 4.90. The minimum absolute atomic E-state index is 0.0517. The molecule has 6 heteroatoms. The minimum atomic E-state index is -0.917. The van der Waals surface area contributed by atoms with Crippen LogP contribution in [-0.2, 0) is 14.3 Å². The zero-order valence-corrected chi connectivity index (χ0v) is 12.3. The lowest BCUT2D eigenvalue weighted by molar-refractivity contribution is -0.140. The molecule has 0 aromatic rings. The van der Waals surface area contributed by atoms with E-state index in [1.165, 1.54) is 0 Å². The molecule has 0 spiro atoms. The first-order valence-corrected chi connectivity index (χ1v) is 6.68. The fourth-order valence-corrected chi connectivity index (χ4v) is 1.79. The van der Waals surface area contributed by atoms with Crippen molar-refractivity contribution in [2.75, 3.05) is 26.8 Å². The van der Waals surface area contributed by atoms with Gasteiger partial charge in [0.05, 0.1) is 12.6 Å². The van der Waals surface area contributed by atoms with Crippen molar-refractivity contribution in [3.63, 3.8) is 0 Å². The van der Waals surface area contributed by atoms with E-state index in [0.29, 0.717) is 13.2 Å². The van der Waals surface area contributed by atoms with Gasteiger partial charge in [-0.05, 0) is 26.7 Å². The average molecular weight is 274 g/mol. The van der Waals surface area contributed by atoms with Gasteiger partial charge in [-0.25, -0.2) is 0 Å². The van der Waals surface area contributed by atoms with E-state index in [9.17, 15) is 9.59 Å². The van der Waals surface area contributed by atoms with Crippen LogP contribution >= 0.6 is 0 Å². The van der Waals surface area contributed by atoms with Crippen LogP contribution in [0.15, 0.2) is 0 Å². The van der Waals surface area contributed by atoms with Gasteiger partial charge in [0.15, 0.2) is 0 Å². The molecule has 2 N–H and O–H groups in total. The van der Waals surface area contributed by atoms with E-state index >= 15 is 0 Å². The van der Waals surface area contributed by atoms with Gasteiger partial charge in [0.2, 0.25) is 5.91 Å². The van der Waals surface area contributed by atoms with Crippen molar-refractivity contribution < 1.29 is 19.4 Å². The maximum absolute atomic E-state index is 12.0. The Morgan fingerprint density at radius 1 is 1.37 bits per heavy atom. The minimum Gasteiger partial charge on any atom is -0.480 e. The summed E-state index contributed by atoms with van der Waals surface area (Å²) in [5.74, 6) is -1.06. The first-order valence-electron chi connectivity index (χ1n) is 6.68. The molecular formula is C13H26N2O4. The molecule has 2 unspecified atom stereocenters. The number of nitrogens with one attached hydrogen (secondary N) is 1. The third kappa shape index (κ3) is 7.12. The summed E-state index contributed by atoms with van der Waals surface area (Å²) in [6, 6.07) is -0.399. The molecule has 0 saturated heterocycles. The largest absolute Gasteiger partial charge is 0.480 e. The number of methoxy groups -OCH3 is 1. The second-order valence-electron chi connectivity index (χ2n) is 4.64. The molecule has 1 amide bonds. The predicted octanol–water partition coefficient (Wildman–Crippen LogP) is 0.713. The lowest BCUT2D eigenvalue weighted by Crippen LogP contribution is -2.50. The number of carbonyl (C=O) groups is 2. The van der Waals surface area contributed by atoms with Gasteiger partial charge < -0.3 is 15.2 Å². The second-order valence-corrected chi connectivity index (χ2v) is 4.64. The van der Waals surface area contributed by atoms with Gasteiger partial charge in [-0.3, -0.25) is 14.5 Å². The van der Waals surface area contributed by atoms with Crippen molar-refractivity contribution >= 4 is 11.9 Å². The summed E-state index contributed by atoms with van der Waals surface area (Å²) in [6.07, 6.45) is 1.55. The third-order valence-electron chi connectivity index (χ3n) is 3.18. The van der Waals surface area contributed by atoms with Gasteiger partial charge in [0.25, 0.3) is 0 Å². The molecule has 0 aromatic heterocycles. The highest BCUT2D eigenvalue weighted by molar-refractivity contribution is 5.82. The molecule has 0 bridgehead atoms. The van der Waals surface area contributed by atoms with Crippen LogP contribution < -0.4 is 5.32 Å². The van der Waals surface area contributed by atoms with Gasteiger partial charge in [-0.2, -0.15) is 0 Å². The number of carbonyl (C=O) groups excluding carboxylic acids is 1. The van der Waals surface area contributed by atoms with Crippen LogP contribution in [0.4, 0.5) is 0 Å². The Hall–Kier alpha value is -1.14. The van der Waals surface area contributed by atoms with Crippen LogP contribution in [0, 0.1) is 0 Å². The van der Waals surface area contributed by atoms with E-state index < -0.39 is 12.0 Å². The first-order chi connectivity index (χ1) is 8.93. The molecule has 0 saturated carbocycles. The van der Waals surface area contributed by atoms with Gasteiger partial charge in [-0.1, -0.05) is 6.92 Å². The SMILES string of the molecule is CCC(C)N(CC(=O)O)C(C)C(=O)NCCCOC. The van der Waals surface area contributed by atoms with E-state index in [2.05, 4.69) is 5.32 Å². The average Bonchev–Trinajstić information content (AvgIpc) is 2.38. The van der Waals surface area contributed by atoms with Crippen molar-refractivity contribution in [2.45, 2.75) is 45.7 Å². The number of aliphatic carboxylic acids is 1. The van der Waals surface area contributed by atoms with Gasteiger partial charge in [-0.15, -0.1) is 0 Å². The zero-order chi connectivity index (χ0) is 14.8. The molecule has 0 aliphatic heterocycles. The monoisotopic (exact) mass is 274 g/mol. The smallest absolute Gasteiger partial charge is 0.317 e. The quantitative estimate of drug-likeness (QED) is 0.574. The topological polar surface area (TPSA) is 78.9 Å². The maximum atomic E-state index is 12.0. The summed E-state index contributed by atoms with van der Waals surface area (Å²) in [5.41, 5.74) is 0. The Morgan fingerprint density at radius 2 is 2.00 bits per heavy atom. The van der Waals surface area contributed by atoms with Crippen LogP contribution in [-0.4, -0.2) is 60.8 Å². The zero-order valence-electron chi connectivity index (χ0n) is 12.3. The van der Waals surface area contributed by atoms with E-state index in [1.54, 1.807) is 18.9 Å². The lowest BCUT2D eigenvalue weighted by atomic mass is 10.1. The standard InChI is InChI=1S/C13H26N2O4/c1-5-10(2)15(9-12(16)17)11(3)13(18)14-7-6-8-19-4/h10-11H,5-9H2,1-4H3,(H,14,18)(H,16,17). The molecule has 6 nitrogen and oxygen atoms in total. The van der Waals surface area contributed by atoms with Crippen LogP contribution in [0.25, 0.3) is 0 Å². The van der Waals surface area contributed by atoms with E-state index in [-0.39, 0.29) is 18.5 Å². The fourth-order valence-electron chi connectivity index (χ4n) is 1.79. The van der Waals surface area contributed by atoms with Crippen LogP contribution in [0.1, 0.15) is 33.6 Å². The van der Waals surface area contributed by atoms with E-state index in [1.807, 2.05) is 13.8 Å². The number of nitrogens with zero attached hydrogens (tertiary/aromatic N) is 1. The highest BCUT2D eigenvalue weighted by Gasteiger charge is 2.26. The molecule has 0 aliphatic carbocycles. The number of rotatable bonds is 10. The van der Waals surface area contributed by atoms with Gasteiger partial charge >= 0.3 is 5.97 Å². The summed E-state index contributed by atoms with van der Waals surface area (Å²) in [5, 5.41) is 11.7.